The van der Waals surface area contributed by atoms with Crippen LogP contribution in [-0.4, -0.2) is 0 Å². The van der Waals surface area contributed by atoms with Gasteiger partial charge in [0.25, 0.3) is 0 Å². The first-order valence-corrected chi connectivity index (χ1v) is 6.33. The zero-order valence-electron chi connectivity index (χ0n) is 8.74. The second-order valence-electron chi connectivity index (χ2n) is 3.59. The fourth-order valence-corrected chi connectivity index (χ4v) is 2.30. The average Bonchev–Trinajstić information content (AvgIpc) is 2.76. The van der Waals surface area contributed by atoms with E-state index in [2.05, 4.69) is 22.1 Å². The summed E-state index contributed by atoms with van der Waals surface area (Å²) in [6.07, 6.45) is 0. The molecule has 4 heteroatoms. The van der Waals surface area contributed by atoms with Crippen molar-refractivity contribution < 1.29 is 0 Å². The molecule has 16 heavy (non-hydrogen) atoms. The maximum Gasteiger partial charge on any atom is 0.0638 e. The minimum absolute atomic E-state index is 0.620. The van der Waals surface area contributed by atoms with Gasteiger partial charge in [-0.3, -0.25) is 0 Å². The van der Waals surface area contributed by atoms with Gasteiger partial charge in [0, 0.05) is 13.1 Å². The van der Waals surface area contributed by atoms with Crippen molar-refractivity contribution in [2.75, 3.05) is 5.73 Å². The number of halogens is 1. The summed E-state index contributed by atoms with van der Waals surface area (Å²) in [6, 6.07) is 7.84. The van der Waals surface area contributed by atoms with E-state index in [1.165, 1.54) is 5.56 Å². The van der Waals surface area contributed by atoms with E-state index in [1.54, 1.807) is 11.3 Å². The zero-order valence-corrected chi connectivity index (χ0v) is 10.3. The Labute approximate surface area is 104 Å². The lowest BCUT2D eigenvalue weighted by molar-refractivity contribution is 0.695. The summed E-state index contributed by atoms with van der Waals surface area (Å²) in [5.41, 5.74) is 8.73. The van der Waals surface area contributed by atoms with Crippen molar-refractivity contribution in [2.45, 2.75) is 13.1 Å². The molecular weight excluding hydrogens is 240 g/mol. The molecule has 0 spiro atoms. The Morgan fingerprint density at radius 3 is 2.69 bits per heavy atom. The molecule has 2 nitrogen and oxygen atoms in total. The Balaban J connectivity index is 1.87. The molecule has 3 N–H and O–H groups in total. The van der Waals surface area contributed by atoms with Crippen LogP contribution < -0.4 is 11.1 Å². The van der Waals surface area contributed by atoms with Gasteiger partial charge in [0.15, 0.2) is 0 Å². The zero-order chi connectivity index (χ0) is 11.4. The number of nitrogens with two attached hydrogens (primary N) is 1. The molecule has 0 aliphatic rings. The van der Waals surface area contributed by atoms with Crippen molar-refractivity contribution in [3.05, 3.63) is 51.2 Å². The highest BCUT2D eigenvalue weighted by Crippen LogP contribution is 2.19. The van der Waals surface area contributed by atoms with Crippen LogP contribution >= 0.6 is 22.9 Å². The van der Waals surface area contributed by atoms with Crippen LogP contribution in [-0.2, 0) is 13.1 Å². The van der Waals surface area contributed by atoms with Crippen LogP contribution in [0, 0.1) is 0 Å². The molecule has 0 aliphatic carbocycles. The van der Waals surface area contributed by atoms with Gasteiger partial charge < -0.3 is 11.1 Å². The number of thiophene rings is 1. The quantitative estimate of drug-likeness (QED) is 0.820. The molecule has 0 amide bonds. The molecule has 0 bridgehead atoms. The Morgan fingerprint density at radius 2 is 2.00 bits per heavy atom. The Bertz CT molecular complexity index is 454. The van der Waals surface area contributed by atoms with Gasteiger partial charge in [-0.05, 0) is 40.1 Å². The monoisotopic (exact) mass is 252 g/mol. The Hall–Kier alpha value is -1.03. The molecule has 84 valence electrons. The van der Waals surface area contributed by atoms with Crippen LogP contribution in [0.25, 0.3) is 0 Å². The standard InChI is InChI=1S/C12H13ClN2S/c13-11-5-9(1-2-12(11)14)6-15-7-10-3-4-16-8-10/h1-5,8,15H,6-7,14H2. The van der Waals surface area contributed by atoms with Gasteiger partial charge in [0.2, 0.25) is 0 Å². The molecule has 1 aromatic carbocycles. The Kier molecular flexibility index (Phi) is 3.83. The maximum atomic E-state index is 5.94. The Morgan fingerprint density at radius 1 is 1.19 bits per heavy atom. The van der Waals surface area contributed by atoms with Gasteiger partial charge in [0.05, 0.1) is 10.7 Å². The molecule has 2 rings (SSSR count). The number of benzene rings is 1. The molecule has 0 aliphatic heterocycles. The number of anilines is 1. The highest BCUT2D eigenvalue weighted by Gasteiger charge is 1.98. The number of rotatable bonds is 4. The maximum absolute atomic E-state index is 5.94. The third-order valence-electron chi connectivity index (χ3n) is 2.30. The van der Waals surface area contributed by atoms with Crippen LogP contribution in [0.2, 0.25) is 5.02 Å². The summed E-state index contributed by atoms with van der Waals surface area (Å²) in [5.74, 6) is 0. The predicted octanol–water partition coefficient (Wildman–Crippen LogP) is 3.27. The fourth-order valence-electron chi connectivity index (χ4n) is 1.43. The third-order valence-corrected chi connectivity index (χ3v) is 3.36. The molecule has 0 saturated heterocycles. The minimum atomic E-state index is 0.620. The van der Waals surface area contributed by atoms with E-state index < -0.39 is 0 Å². The van der Waals surface area contributed by atoms with Crippen molar-refractivity contribution in [1.29, 1.82) is 0 Å². The molecule has 0 unspecified atom stereocenters. The SMILES string of the molecule is Nc1ccc(CNCc2ccsc2)cc1Cl. The van der Waals surface area contributed by atoms with E-state index in [4.69, 9.17) is 17.3 Å². The number of nitrogen functional groups attached to an aromatic ring is 1. The molecule has 0 atom stereocenters. The summed E-state index contributed by atoms with van der Waals surface area (Å²) < 4.78 is 0. The second-order valence-corrected chi connectivity index (χ2v) is 4.78. The first-order valence-electron chi connectivity index (χ1n) is 5.01. The highest BCUT2D eigenvalue weighted by atomic mass is 35.5. The van der Waals surface area contributed by atoms with Crippen LogP contribution in [0.4, 0.5) is 5.69 Å². The summed E-state index contributed by atoms with van der Waals surface area (Å²) in [5, 5.41) is 8.20. The summed E-state index contributed by atoms with van der Waals surface area (Å²) >= 11 is 7.65. The summed E-state index contributed by atoms with van der Waals surface area (Å²) in [6.45, 7) is 1.68. The number of nitrogens with one attached hydrogen (secondary N) is 1. The van der Waals surface area contributed by atoms with Gasteiger partial charge in [-0.15, -0.1) is 0 Å². The van der Waals surface area contributed by atoms with E-state index in [1.807, 2.05) is 18.2 Å². The molecule has 0 fully saturated rings. The normalized spacial score (nSPS) is 10.6. The van der Waals surface area contributed by atoms with Gasteiger partial charge in [-0.25, -0.2) is 0 Å². The van der Waals surface area contributed by atoms with Crippen LogP contribution in [0.5, 0.6) is 0 Å². The lowest BCUT2D eigenvalue weighted by Crippen LogP contribution is -2.12. The van der Waals surface area contributed by atoms with Gasteiger partial charge in [-0.2, -0.15) is 11.3 Å². The molecule has 0 radical (unpaired) electrons. The largest absolute Gasteiger partial charge is 0.398 e. The lowest BCUT2D eigenvalue weighted by atomic mass is 10.2. The topological polar surface area (TPSA) is 38.0 Å². The van der Waals surface area contributed by atoms with Crippen LogP contribution in [0.15, 0.2) is 35.0 Å². The van der Waals surface area contributed by atoms with Gasteiger partial charge in [0.1, 0.15) is 0 Å². The van der Waals surface area contributed by atoms with E-state index in [0.29, 0.717) is 10.7 Å². The van der Waals surface area contributed by atoms with E-state index >= 15 is 0 Å². The van der Waals surface area contributed by atoms with Crippen molar-refractivity contribution in [1.82, 2.24) is 5.32 Å². The van der Waals surface area contributed by atoms with E-state index in [-0.39, 0.29) is 0 Å². The average molecular weight is 253 g/mol. The van der Waals surface area contributed by atoms with Gasteiger partial charge >= 0.3 is 0 Å². The lowest BCUT2D eigenvalue weighted by Gasteiger charge is -2.05. The summed E-state index contributed by atoms with van der Waals surface area (Å²) in [4.78, 5) is 0. The van der Waals surface area contributed by atoms with E-state index in [0.717, 1.165) is 18.7 Å². The first-order chi connectivity index (χ1) is 7.75. The van der Waals surface area contributed by atoms with Crippen LogP contribution in [0.3, 0.4) is 0 Å². The number of hydrogen-bond acceptors (Lipinski definition) is 3. The highest BCUT2D eigenvalue weighted by molar-refractivity contribution is 7.07. The second kappa shape index (κ2) is 5.34. The molecular formula is C12H13ClN2S. The smallest absolute Gasteiger partial charge is 0.0638 e. The first kappa shape index (κ1) is 11.5. The molecule has 2 aromatic rings. The van der Waals surface area contributed by atoms with Crippen molar-refractivity contribution in [2.24, 2.45) is 0 Å². The molecule has 1 aromatic heterocycles. The minimum Gasteiger partial charge on any atom is -0.398 e. The third kappa shape index (κ3) is 2.98. The van der Waals surface area contributed by atoms with Crippen LogP contribution in [0.1, 0.15) is 11.1 Å². The van der Waals surface area contributed by atoms with Crippen molar-refractivity contribution in [3.8, 4) is 0 Å². The molecule has 0 saturated carbocycles. The molecule has 1 heterocycles. The number of hydrogen-bond donors (Lipinski definition) is 2. The summed E-state index contributed by atoms with van der Waals surface area (Å²) in [7, 11) is 0. The fraction of sp³-hybridized carbons (Fsp3) is 0.167. The predicted molar refractivity (Wildman–Crippen MR) is 70.7 cm³/mol. The van der Waals surface area contributed by atoms with Crippen molar-refractivity contribution >= 4 is 28.6 Å². The van der Waals surface area contributed by atoms with E-state index in [9.17, 15) is 0 Å². The van der Waals surface area contributed by atoms with Crippen molar-refractivity contribution in [3.63, 3.8) is 0 Å². The van der Waals surface area contributed by atoms with Gasteiger partial charge in [-0.1, -0.05) is 17.7 Å².